The summed E-state index contributed by atoms with van der Waals surface area (Å²) in [4.78, 5) is 12.1. The second-order valence-electron chi connectivity index (χ2n) is 5.83. The van der Waals surface area contributed by atoms with Crippen molar-refractivity contribution in [3.63, 3.8) is 0 Å². The largest absolute Gasteiger partial charge is 0.496 e. The van der Waals surface area contributed by atoms with Crippen molar-refractivity contribution in [3.05, 3.63) is 53.6 Å². The Morgan fingerprint density at radius 3 is 2.57 bits per heavy atom. The van der Waals surface area contributed by atoms with Gasteiger partial charge in [0, 0.05) is 10.7 Å². The van der Waals surface area contributed by atoms with Gasteiger partial charge in [-0.25, -0.2) is 0 Å². The number of methoxy groups -OCH3 is 1. The summed E-state index contributed by atoms with van der Waals surface area (Å²) >= 11 is 7.34. The quantitative estimate of drug-likeness (QED) is 0.412. The third-order valence-corrected chi connectivity index (χ3v) is 5.24. The topological polar surface area (TPSA) is 66.2 Å². The summed E-state index contributed by atoms with van der Waals surface area (Å²) in [5.41, 5.74) is 1.62. The highest BCUT2D eigenvalue weighted by atomic mass is 35.5. The number of ether oxygens (including phenoxy) is 2. The minimum absolute atomic E-state index is 0.294. The maximum Gasteiger partial charge on any atom is 0.319 e. The molecule has 0 saturated heterocycles. The maximum atomic E-state index is 12.1. The van der Waals surface area contributed by atoms with E-state index in [-0.39, 0.29) is 5.97 Å². The lowest BCUT2D eigenvalue weighted by atomic mass is 10.2. The fraction of sp³-hybridized carbons (Fsp3) is 0.250. The molecule has 0 spiro atoms. The molecule has 0 fully saturated rings. The first-order valence-corrected chi connectivity index (χ1v) is 9.99. The van der Waals surface area contributed by atoms with Crippen LogP contribution in [0.25, 0.3) is 17.1 Å². The molecule has 1 unspecified atom stereocenters. The molecule has 0 bridgehead atoms. The molecule has 1 aromatic heterocycles. The van der Waals surface area contributed by atoms with Crippen LogP contribution in [0.4, 0.5) is 0 Å². The van der Waals surface area contributed by atoms with E-state index < -0.39 is 5.25 Å². The van der Waals surface area contributed by atoms with Gasteiger partial charge in [-0.1, -0.05) is 35.5 Å². The van der Waals surface area contributed by atoms with E-state index in [1.165, 1.54) is 11.8 Å². The van der Waals surface area contributed by atoms with Crippen molar-refractivity contribution >= 4 is 29.3 Å². The predicted molar refractivity (Wildman–Crippen MR) is 110 cm³/mol. The summed E-state index contributed by atoms with van der Waals surface area (Å²) in [6.45, 7) is 3.90. The van der Waals surface area contributed by atoms with Crippen molar-refractivity contribution in [1.29, 1.82) is 0 Å². The van der Waals surface area contributed by atoms with E-state index >= 15 is 0 Å². The van der Waals surface area contributed by atoms with Gasteiger partial charge in [0.2, 0.25) is 0 Å². The van der Waals surface area contributed by atoms with E-state index in [9.17, 15) is 4.79 Å². The first-order valence-electron chi connectivity index (χ1n) is 8.73. The lowest BCUT2D eigenvalue weighted by Crippen LogP contribution is -2.17. The number of hydrogen-bond donors (Lipinski definition) is 0. The Balaban J connectivity index is 2.09. The zero-order valence-electron chi connectivity index (χ0n) is 15.8. The van der Waals surface area contributed by atoms with Crippen LogP contribution in [0.15, 0.2) is 53.7 Å². The molecule has 0 N–H and O–H groups in total. The molecule has 146 valence electrons. The second kappa shape index (κ2) is 9.12. The summed E-state index contributed by atoms with van der Waals surface area (Å²) in [6, 6.07) is 14.9. The Labute approximate surface area is 172 Å². The average Bonchev–Trinajstić information content (AvgIpc) is 3.12. The Bertz CT molecular complexity index is 960. The van der Waals surface area contributed by atoms with Gasteiger partial charge in [0.05, 0.1) is 19.3 Å². The van der Waals surface area contributed by atoms with Crippen LogP contribution in [0.1, 0.15) is 13.8 Å². The minimum Gasteiger partial charge on any atom is -0.496 e. The second-order valence-corrected chi connectivity index (χ2v) is 7.57. The average molecular weight is 418 g/mol. The maximum absolute atomic E-state index is 12.1. The number of carbonyl (C=O) groups excluding carboxylic acids is 1. The number of halogens is 1. The monoisotopic (exact) mass is 417 g/mol. The molecule has 1 heterocycles. The molecule has 0 aliphatic rings. The van der Waals surface area contributed by atoms with Gasteiger partial charge in [-0.2, -0.15) is 0 Å². The van der Waals surface area contributed by atoms with Crippen molar-refractivity contribution in [2.75, 3.05) is 13.7 Å². The molecule has 28 heavy (non-hydrogen) atoms. The van der Waals surface area contributed by atoms with Crippen molar-refractivity contribution in [2.45, 2.75) is 24.3 Å². The molecule has 8 heteroatoms. The van der Waals surface area contributed by atoms with Crippen molar-refractivity contribution in [3.8, 4) is 22.8 Å². The van der Waals surface area contributed by atoms with Gasteiger partial charge < -0.3 is 9.47 Å². The van der Waals surface area contributed by atoms with Gasteiger partial charge in [0.15, 0.2) is 11.0 Å². The van der Waals surface area contributed by atoms with E-state index in [1.807, 2.05) is 41.0 Å². The first-order chi connectivity index (χ1) is 13.5. The van der Waals surface area contributed by atoms with E-state index in [2.05, 4.69) is 10.2 Å². The van der Waals surface area contributed by atoms with Crippen LogP contribution in [0.3, 0.4) is 0 Å². The van der Waals surface area contributed by atoms with E-state index in [0.29, 0.717) is 28.4 Å². The molecule has 0 aliphatic heterocycles. The number of thioether (sulfide) groups is 1. The molecule has 0 saturated carbocycles. The molecule has 0 radical (unpaired) electrons. The SMILES string of the molecule is CCOC(=O)C(C)Sc1nnc(-c2ccccc2OC)n1-c1ccc(Cl)cc1. The number of benzene rings is 2. The van der Waals surface area contributed by atoms with E-state index in [0.717, 1.165) is 11.3 Å². The van der Waals surface area contributed by atoms with Crippen LogP contribution in [-0.4, -0.2) is 39.7 Å². The molecular formula is C20H20ClN3O3S. The lowest BCUT2D eigenvalue weighted by Gasteiger charge is -2.14. The summed E-state index contributed by atoms with van der Waals surface area (Å²) in [5.74, 6) is 0.996. The Kier molecular flexibility index (Phi) is 6.59. The minimum atomic E-state index is -0.430. The van der Waals surface area contributed by atoms with Gasteiger partial charge in [0.1, 0.15) is 11.0 Å². The number of nitrogens with zero attached hydrogens (tertiary/aromatic N) is 3. The van der Waals surface area contributed by atoms with E-state index in [4.69, 9.17) is 21.1 Å². The van der Waals surface area contributed by atoms with Crippen LogP contribution in [0, 0.1) is 0 Å². The third kappa shape index (κ3) is 4.31. The molecule has 0 aliphatic carbocycles. The summed E-state index contributed by atoms with van der Waals surface area (Å²) in [6.07, 6.45) is 0. The van der Waals surface area contributed by atoms with Crippen LogP contribution < -0.4 is 4.74 Å². The normalized spacial score (nSPS) is 11.9. The van der Waals surface area contributed by atoms with E-state index in [1.54, 1.807) is 33.1 Å². The summed E-state index contributed by atoms with van der Waals surface area (Å²) < 4.78 is 12.5. The van der Waals surface area contributed by atoms with Gasteiger partial charge in [-0.05, 0) is 50.2 Å². The van der Waals surface area contributed by atoms with Gasteiger partial charge in [-0.15, -0.1) is 10.2 Å². The third-order valence-electron chi connectivity index (χ3n) is 3.97. The Morgan fingerprint density at radius 2 is 1.89 bits per heavy atom. The summed E-state index contributed by atoms with van der Waals surface area (Å²) in [7, 11) is 1.61. The zero-order valence-corrected chi connectivity index (χ0v) is 17.3. The molecule has 3 rings (SSSR count). The Hall–Kier alpha value is -2.51. The molecular weight excluding hydrogens is 398 g/mol. The van der Waals surface area contributed by atoms with Crippen LogP contribution in [0.2, 0.25) is 5.02 Å². The number of esters is 1. The molecule has 3 aromatic rings. The van der Waals surface area contributed by atoms with Crippen molar-refractivity contribution in [2.24, 2.45) is 0 Å². The highest BCUT2D eigenvalue weighted by molar-refractivity contribution is 8.00. The first kappa shape index (κ1) is 20.2. The number of para-hydroxylation sites is 1. The highest BCUT2D eigenvalue weighted by Crippen LogP contribution is 2.34. The molecule has 6 nitrogen and oxygen atoms in total. The summed E-state index contributed by atoms with van der Waals surface area (Å²) in [5, 5.41) is 9.48. The highest BCUT2D eigenvalue weighted by Gasteiger charge is 2.23. The van der Waals surface area contributed by atoms with Gasteiger partial charge >= 0.3 is 5.97 Å². The standard InChI is InChI=1S/C20H20ClN3O3S/c1-4-27-19(25)13(2)28-20-23-22-18(16-7-5-6-8-17(16)26-3)24(20)15-11-9-14(21)10-12-15/h5-13H,4H2,1-3H3. The lowest BCUT2D eigenvalue weighted by molar-refractivity contribution is -0.142. The number of hydrogen-bond acceptors (Lipinski definition) is 6. The molecule has 0 amide bonds. The fourth-order valence-electron chi connectivity index (χ4n) is 2.64. The predicted octanol–water partition coefficient (Wildman–Crippen LogP) is 4.64. The zero-order chi connectivity index (χ0) is 20.1. The molecule has 1 atom stereocenters. The van der Waals surface area contributed by atoms with Crippen LogP contribution in [0.5, 0.6) is 5.75 Å². The van der Waals surface area contributed by atoms with Crippen LogP contribution in [-0.2, 0) is 9.53 Å². The number of aromatic nitrogens is 3. The van der Waals surface area contributed by atoms with Gasteiger partial charge in [0.25, 0.3) is 0 Å². The number of carbonyl (C=O) groups is 1. The molecule has 2 aromatic carbocycles. The smallest absolute Gasteiger partial charge is 0.319 e. The van der Waals surface area contributed by atoms with Crippen molar-refractivity contribution < 1.29 is 14.3 Å². The van der Waals surface area contributed by atoms with Crippen molar-refractivity contribution in [1.82, 2.24) is 14.8 Å². The number of rotatable bonds is 7. The fourth-order valence-corrected chi connectivity index (χ4v) is 3.63. The Morgan fingerprint density at radius 1 is 1.18 bits per heavy atom. The van der Waals surface area contributed by atoms with Crippen LogP contribution >= 0.6 is 23.4 Å². The van der Waals surface area contributed by atoms with Gasteiger partial charge in [-0.3, -0.25) is 9.36 Å².